The van der Waals surface area contributed by atoms with Crippen LogP contribution in [-0.2, 0) is 4.79 Å². The summed E-state index contributed by atoms with van der Waals surface area (Å²) in [7, 11) is 0. The van der Waals surface area contributed by atoms with E-state index in [0.29, 0.717) is 5.92 Å². The first-order valence-corrected chi connectivity index (χ1v) is 4.46. The standard InChI is InChI=1S/C12H14O/c1-10(2)12-7-5-11(6-8-12)4-3-9-13/h3-10H,1-2H3/b4-3-. The first-order chi connectivity index (χ1) is 6.24. The van der Waals surface area contributed by atoms with Gasteiger partial charge in [0.05, 0.1) is 0 Å². The molecule has 0 aliphatic rings. The number of allylic oxidation sites excluding steroid dienone is 1. The van der Waals surface area contributed by atoms with Crippen molar-refractivity contribution in [1.29, 1.82) is 0 Å². The first-order valence-electron chi connectivity index (χ1n) is 4.46. The summed E-state index contributed by atoms with van der Waals surface area (Å²) in [5.74, 6) is 0.559. The van der Waals surface area contributed by atoms with E-state index in [2.05, 4.69) is 26.0 Å². The monoisotopic (exact) mass is 174 g/mol. The summed E-state index contributed by atoms with van der Waals surface area (Å²) in [5, 5.41) is 0. The van der Waals surface area contributed by atoms with Crippen molar-refractivity contribution in [3.8, 4) is 0 Å². The Labute approximate surface area is 79.1 Å². The molecule has 0 fully saturated rings. The van der Waals surface area contributed by atoms with Crippen molar-refractivity contribution in [2.75, 3.05) is 0 Å². The van der Waals surface area contributed by atoms with Crippen LogP contribution in [0.5, 0.6) is 0 Å². The van der Waals surface area contributed by atoms with Crippen LogP contribution in [-0.4, -0.2) is 6.29 Å². The molecule has 0 amide bonds. The topological polar surface area (TPSA) is 17.1 Å². The summed E-state index contributed by atoms with van der Waals surface area (Å²) >= 11 is 0. The van der Waals surface area contributed by atoms with Crippen LogP contribution in [0.4, 0.5) is 0 Å². The largest absolute Gasteiger partial charge is 0.299 e. The quantitative estimate of drug-likeness (QED) is 0.508. The van der Waals surface area contributed by atoms with Crippen molar-refractivity contribution >= 4 is 12.4 Å². The number of carbonyl (C=O) groups is 1. The van der Waals surface area contributed by atoms with E-state index < -0.39 is 0 Å². The first kappa shape index (κ1) is 9.72. The van der Waals surface area contributed by atoms with Crippen LogP contribution in [0.25, 0.3) is 6.08 Å². The fourth-order valence-electron chi connectivity index (χ4n) is 1.14. The zero-order valence-corrected chi connectivity index (χ0v) is 8.03. The molecule has 68 valence electrons. The maximum Gasteiger partial charge on any atom is 0.142 e. The highest BCUT2D eigenvalue weighted by Crippen LogP contribution is 2.14. The van der Waals surface area contributed by atoms with Crippen molar-refractivity contribution in [3.05, 3.63) is 41.5 Å². The van der Waals surface area contributed by atoms with E-state index in [1.807, 2.05) is 12.1 Å². The van der Waals surface area contributed by atoms with E-state index in [4.69, 9.17) is 0 Å². The van der Waals surface area contributed by atoms with Crippen LogP contribution < -0.4 is 0 Å². The van der Waals surface area contributed by atoms with Crippen molar-refractivity contribution in [2.45, 2.75) is 19.8 Å². The molecule has 0 aliphatic carbocycles. The number of aldehydes is 1. The molecular weight excluding hydrogens is 160 g/mol. The molecule has 13 heavy (non-hydrogen) atoms. The fourth-order valence-corrected chi connectivity index (χ4v) is 1.14. The van der Waals surface area contributed by atoms with E-state index in [1.54, 1.807) is 6.08 Å². The molecule has 1 aromatic rings. The molecule has 0 bridgehead atoms. The maximum absolute atomic E-state index is 10.1. The molecule has 1 heteroatoms. The van der Waals surface area contributed by atoms with E-state index in [1.165, 1.54) is 11.6 Å². The molecule has 0 saturated carbocycles. The second-order valence-electron chi connectivity index (χ2n) is 3.32. The molecule has 0 aliphatic heterocycles. The van der Waals surface area contributed by atoms with Crippen LogP contribution in [0.3, 0.4) is 0 Å². The molecule has 1 nitrogen and oxygen atoms in total. The summed E-state index contributed by atoms with van der Waals surface area (Å²) in [6.45, 7) is 4.33. The minimum atomic E-state index is 0.559. The smallest absolute Gasteiger partial charge is 0.142 e. The van der Waals surface area contributed by atoms with Gasteiger partial charge in [0, 0.05) is 0 Å². The van der Waals surface area contributed by atoms with Gasteiger partial charge < -0.3 is 0 Å². The molecule has 0 atom stereocenters. The van der Waals surface area contributed by atoms with Gasteiger partial charge in [-0.1, -0.05) is 44.2 Å². The minimum Gasteiger partial charge on any atom is -0.299 e. The van der Waals surface area contributed by atoms with Crippen LogP contribution >= 0.6 is 0 Å². The van der Waals surface area contributed by atoms with Gasteiger partial charge in [0.1, 0.15) is 6.29 Å². The lowest BCUT2D eigenvalue weighted by Crippen LogP contribution is -1.85. The van der Waals surface area contributed by atoms with Crippen molar-refractivity contribution in [1.82, 2.24) is 0 Å². The Morgan fingerprint density at radius 1 is 1.15 bits per heavy atom. The van der Waals surface area contributed by atoms with Crippen LogP contribution in [0.1, 0.15) is 30.9 Å². The molecule has 0 heterocycles. The van der Waals surface area contributed by atoms with Crippen LogP contribution in [0.15, 0.2) is 30.3 Å². The number of hydrogen-bond acceptors (Lipinski definition) is 1. The van der Waals surface area contributed by atoms with E-state index >= 15 is 0 Å². The normalized spacial score (nSPS) is 11.0. The van der Waals surface area contributed by atoms with E-state index in [-0.39, 0.29) is 0 Å². The third-order valence-electron chi connectivity index (χ3n) is 1.97. The lowest BCUT2D eigenvalue weighted by atomic mass is 10.0. The molecule has 0 saturated heterocycles. The Kier molecular flexibility index (Phi) is 3.44. The van der Waals surface area contributed by atoms with Gasteiger partial charge in [-0.25, -0.2) is 0 Å². The van der Waals surface area contributed by atoms with Crippen molar-refractivity contribution in [2.24, 2.45) is 0 Å². The lowest BCUT2D eigenvalue weighted by Gasteiger charge is -2.04. The highest BCUT2D eigenvalue weighted by molar-refractivity contribution is 5.73. The summed E-state index contributed by atoms with van der Waals surface area (Å²) in [6, 6.07) is 8.23. The average molecular weight is 174 g/mol. The van der Waals surface area contributed by atoms with Gasteiger partial charge in [-0.3, -0.25) is 4.79 Å². The van der Waals surface area contributed by atoms with Crippen LogP contribution in [0.2, 0.25) is 0 Å². The van der Waals surface area contributed by atoms with Crippen molar-refractivity contribution in [3.63, 3.8) is 0 Å². The number of rotatable bonds is 3. The van der Waals surface area contributed by atoms with Gasteiger partial charge in [-0.05, 0) is 23.1 Å². The summed E-state index contributed by atoms with van der Waals surface area (Å²) in [4.78, 5) is 10.1. The molecule has 0 spiro atoms. The molecule has 0 aromatic heterocycles. The second kappa shape index (κ2) is 4.61. The Balaban J connectivity index is 2.81. The third-order valence-corrected chi connectivity index (χ3v) is 1.97. The predicted octanol–water partition coefficient (Wildman–Crippen LogP) is 3.02. The molecule has 1 rings (SSSR count). The third kappa shape index (κ3) is 2.86. The van der Waals surface area contributed by atoms with Gasteiger partial charge in [-0.15, -0.1) is 0 Å². The zero-order valence-electron chi connectivity index (χ0n) is 8.03. The molecule has 1 aromatic carbocycles. The Morgan fingerprint density at radius 2 is 1.77 bits per heavy atom. The Hall–Kier alpha value is -1.37. The Bertz CT molecular complexity index is 293. The van der Waals surface area contributed by atoms with E-state index in [0.717, 1.165) is 11.8 Å². The van der Waals surface area contributed by atoms with E-state index in [9.17, 15) is 4.79 Å². The summed E-state index contributed by atoms with van der Waals surface area (Å²) in [6.07, 6.45) is 4.10. The summed E-state index contributed by atoms with van der Waals surface area (Å²) in [5.41, 5.74) is 2.39. The highest BCUT2D eigenvalue weighted by atomic mass is 16.1. The summed E-state index contributed by atoms with van der Waals surface area (Å²) < 4.78 is 0. The molecular formula is C12H14O. The number of carbonyl (C=O) groups excluding carboxylic acids is 1. The van der Waals surface area contributed by atoms with Crippen LogP contribution in [0, 0.1) is 0 Å². The molecule has 0 radical (unpaired) electrons. The van der Waals surface area contributed by atoms with Gasteiger partial charge in [0.2, 0.25) is 0 Å². The lowest BCUT2D eigenvalue weighted by molar-refractivity contribution is -0.104. The minimum absolute atomic E-state index is 0.559. The number of hydrogen-bond donors (Lipinski definition) is 0. The SMILES string of the molecule is CC(C)c1ccc(/C=C\C=O)cc1. The average Bonchev–Trinajstić information content (AvgIpc) is 2.15. The number of benzene rings is 1. The van der Waals surface area contributed by atoms with Gasteiger partial charge in [0.25, 0.3) is 0 Å². The predicted molar refractivity (Wildman–Crippen MR) is 55.6 cm³/mol. The maximum atomic E-state index is 10.1. The van der Waals surface area contributed by atoms with Crippen molar-refractivity contribution < 1.29 is 4.79 Å². The van der Waals surface area contributed by atoms with Gasteiger partial charge in [0.15, 0.2) is 0 Å². The van der Waals surface area contributed by atoms with Gasteiger partial charge >= 0.3 is 0 Å². The highest BCUT2D eigenvalue weighted by Gasteiger charge is 1.96. The Morgan fingerprint density at radius 3 is 2.23 bits per heavy atom. The van der Waals surface area contributed by atoms with Gasteiger partial charge in [-0.2, -0.15) is 0 Å². The molecule has 0 unspecified atom stereocenters. The second-order valence-corrected chi connectivity index (χ2v) is 3.32. The fraction of sp³-hybridized carbons (Fsp3) is 0.250. The molecule has 0 N–H and O–H groups in total. The zero-order chi connectivity index (χ0) is 9.68.